The summed E-state index contributed by atoms with van der Waals surface area (Å²) in [4.78, 5) is 19.0. The zero-order chi connectivity index (χ0) is 12.1. The van der Waals surface area contributed by atoms with E-state index in [9.17, 15) is 4.79 Å². The molecule has 6 heteroatoms. The normalized spacial score (nSPS) is 12.1. The van der Waals surface area contributed by atoms with Crippen LogP contribution in [-0.4, -0.2) is 26.1 Å². The fourth-order valence-electron chi connectivity index (χ4n) is 1.50. The van der Waals surface area contributed by atoms with Gasteiger partial charge in [0, 0.05) is 12.4 Å². The number of rotatable bonds is 4. The molecule has 0 saturated carbocycles. The van der Waals surface area contributed by atoms with Gasteiger partial charge in [-0.05, 0) is 12.5 Å². The molecule has 2 aromatic rings. The molecule has 6 nitrogen and oxygen atoms in total. The number of nitrogens with one attached hydrogen (secondary N) is 2. The van der Waals surface area contributed by atoms with Crippen LogP contribution in [-0.2, 0) is 0 Å². The second kappa shape index (κ2) is 5.20. The smallest absolute Gasteiger partial charge is 0.253 e. The third-order valence-corrected chi connectivity index (χ3v) is 2.41. The van der Waals surface area contributed by atoms with E-state index in [1.54, 1.807) is 18.5 Å². The van der Waals surface area contributed by atoms with E-state index in [0.29, 0.717) is 5.56 Å². The van der Waals surface area contributed by atoms with Crippen molar-refractivity contribution in [1.82, 2.24) is 25.5 Å². The minimum absolute atomic E-state index is 0.120. The van der Waals surface area contributed by atoms with Crippen LogP contribution < -0.4 is 5.32 Å². The highest BCUT2D eigenvalue weighted by Gasteiger charge is 2.15. The predicted molar refractivity (Wildman–Crippen MR) is 61.1 cm³/mol. The Balaban J connectivity index is 2.08. The molecule has 2 aromatic heterocycles. The van der Waals surface area contributed by atoms with Crippen LogP contribution in [0.4, 0.5) is 0 Å². The lowest BCUT2D eigenvalue weighted by Gasteiger charge is -2.14. The molecule has 0 bridgehead atoms. The number of carbonyl (C=O) groups excluding carboxylic acids is 1. The van der Waals surface area contributed by atoms with Crippen molar-refractivity contribution in [1.29, 1.82) is 0 Å². The highest BCUT2D eigenvalue weighted by molar-refractivity contribution is 5.93. The molecule has 0 aromatic carbocycles. The average molecular weight is 231 g/mol. The van der Waals surface area contributed by atoms with E-state index < -0.39 is 0 Å². The quantitative estimate of drug-likeness (QED) is 0.824. The molecule has 0 radical (unpaired) electrons. The molecular weight excluding hydrogens is 218 g/mol. The first-order chi connectivity index (χ1) is 8.31. The number of hydrogen-bond donors (Lipinski definition) is 2. The zero-order valence-electron chi connectivity index (χ0n) is 9.42. The van der Waals surface area contributed by atoms with Gasteiger partial charge in [0.05, 0.1) is 24.0 Å². The summed E-state index contributed by atoms with van der Waals surface area (Å²) in [6.07, 6.45) is 7.08. The fraction of sp³-hybridized carbons (Fsp3) is 0.273. The van der Waals surface area contributed by atoms with Crippen LogP contribution in [0.5, 0.6) is 0 Å². The largest absolute Gasteiger partial charge is 0.347 e. The number of carbonyl (C=O) groups is 1. The van der Waals surface area contributed by atoms with Crippen molar-refractivity contribution in [3.63, 3.8) is 0 Å². The van der Waals surface area contributed by atoms with Gasteiger partial charge in [0.2, 0.25) is 0 Å². The minimum atomic E-state index is -0.178. The second-order valence-corrected chi connectivity index (χ2v) is 3.54. The Morgan fingerprint density at radius 3 is 2.94 bits per heavy atom. The maximum atomic E-state index is 11.9. The molecule has 0 saturated heterocycles. The Bertz CT molecular complexity index is 468. The zero-order valence-corrected chi connectivity index (χ0v) is 9.42. The lowest BCUT2D eigenvalue weighted by Crippen LogP contribution is -2.29. The molecule has 0 aliphatic heterocycles. The molecule has 2 heterocycles. The SMILES string of the molecule is CCC(NC(=O)c1ccnnc1)c1ncc[nH]1. The minimum Gasteiger partial charge on any atom is -0.347 e. The highest BCUT2D eigenvalue weighted by Crippen LogP contribution is 2.12. The molecule has 1 amide bonds. The first kappa shape index (κ1) is 11.3. The fourth-order valence-corrected chi connectivity index (χ4v) is 1.50. The van der Waals surface area contributed by atoms with Crippen molar-refractivity contribution in [2.24, 2.45) is 0 Å². The summed E-state index contributed by atoms with van der Waals surface area (Å²) in [5.41, 5.74) is 0.491. The monoisotopic (exact) mass is 231 g/mol. The van der Waals surface area contributed by atoms with Gasteiger partial charge < -0.3 is 10.3 Å². The van der Waals surface area contributed by atoms with Gasteiger partial charge >= 0.3 is 0 Å². The van der Waals surface area contributed by atoms with Crippen LogP contribution in [0.15, 0.2) is 30.9 Å². The molecule has 0 spiro atoms. The number of aromatic amines is 1. The lowest BCUT2D eigenvalue weighted by molar-refractivity contribution is 0.0933. The first-order valence-electron chi connectivity index (χ1n) is 5.38. The van der Waals surface area contributed by atoms with Crippen LogP contribution in [0.3, 0.4) is 0 Å². The molecule has 0 aliphatic rings. The summed E-state index contributed by atoms with van der Waals surface area (Å²) < 4.78 is 0. The standard InChI is InChI=1S/C11H13N5O/c1-2-9(10-12-5-6-13-10)16-11(17)8-3-4-14-15-7-8/h3-7,9H,2H2,1H3,(H,12,13)(H,16,17). The lowest BCUT2D eigenvalue weighted by atomic mass is 10.2. The molecule has 1 unspecified atom stereocenters. The number of nitrogens with zero attached hydrogens (tertiary/aromatic N) is 3. The van der Waals surface area contributed by atoms with Crippen LogP contribution in [0, 0.1) is 0 Å². The van der Waals surface area contributed by atoms with Gasteiger partial charge in [0.15, 0.2) is 0 Å². The highest BCUT2D eigenvalue weighted by atomic mass is 16.1. The van der Waals surface area contributed by atoms with E-state index in [1.807, 2.05) is 6.92 Å². The van der Waals surface area contributed by atoms with Crippen molar-refractivity contribution in [2.45, 2.75) is 19.4 Å². The van der Waals surface area contributed by atoms with Gasteiger partial charge in [-0.3, -0.25) is 4.79 Å². The van der Waals surface area contributed by atoms with Gasteiger partial charge in [0.25, 0.3) is 5.91 Å². The van der Waals surface area contributed by atoms with Gasteiger partial charge in [-0.2, -0.15) is 10.2 Å². The van der Waals surface area contributed by atoms with Gasteiger partial charge in [-0.25, -0.2) is 4.98 Å². The van der Waals surface area contributed by atoms with E-state index >= 15 is 0 Å². The van der Waals surface area contributed by atoms with Gasteiger partial charge in [0.1, 0.15) is 5.82 Å². The number of H-pyrrole nitrogens is 1. The van der Waals surface area contributed by atoms with Crippen molar-refractivity contribution < 1.29 is 4.79 Å². The number of aromatic nitrogens is 4. The molecule has 1 atom stereocenters. The summed E-state index contributed by atoms with van der Waals surface area (Å²) in [7, 11) is 0. The molecule has 2 rings (SSSR count). The summed E-state index contributed by atoms with van der Waals surface area (Å²) in [5.74, 6) is 0.575. The molecule has 17 heavy (non-hydrogen) atoms. The molecule has 0 aliphatic carbocycles. The van der Waals surface area contributed by atoms with Crippen LogP contribution in [0.2, 0.25) is 0 Å². The number of imidazole rings is 1. The first-order valence-corrected chi connectivity index (χ1v) is 5.38. The summed E-state index contributed by atoms with van der Waals surface area (Å²) in [5, 5.41) is 10.2. The van der Waals surface area contributed by atoms with E-state index in [0.717, 1.165) is 12.2 Å². The number of hydrogen-bond acceptors (Lipinski definition) is 4. The van der Waals surface area contributed by atoms with E-state index in [1.165, 1.54) is 12.4 Å². The second-order valence-electron chi connectivity index (χ2n) is 3.54. The van der Waals surface area contributed by atoms with E-state index in [2.05, 4.69) is 25.5 Å². The van der Waals surface area contributed by atoms with Crippen LogP contribution >= 0.6 is 0 Å². The molecule has 0 fully saturated rings. The summed E-state index contributed by atoms with van der Waals surface area (Å²) >= 11 is 0. The Hall–Kier alpha value is -2.24. The predicted octanol–water partition coefficient (Wildman–Crippen LogP) is 1.08. The van der Waals surface area contributed by atoms with Crippen molar-refractivity contribution in [2.75, 3.05) is 0 Å². The van der Waals surface area contributed by atoms with Gasteiger partial charge in [-0.15, -0.1) is 0 Å². The molecule has 2 N–H and O–H groups in total. The van der Waals surface area contributed by atoms with Crippen LogP contribution in [0.25, 0.3) is 0 Å². The van der Waals surface area contributed by atoms with Crippen LogP contribution in [0.1, 0.15) is 35.6 Å². The summed E-state index contributed by atoms with van der Waals surface area (Å²) in [6, 6.07) is 1.50. The van der Waals surface area contributed by atoms with Crippen molar-refractivity contribution in [3.05, 3.63) is 42.2 Å². The Morgan fingerprint density at radius 1 is 1.47 bits per heavy atom. The maximum Gasteiger partial charge on any atom is 0.253 e. The molecular formula is C11H13N5O. The van der Waals surface area contributed by atoms with Crippen molar-refractivity contribution >= 4 is 5.91 Å². The topological polar surface area (TPSA) is 83.6 Å². The Morgan fingerprint density at radius 2 is 2.35 bits per heavy atom. The third kappa shape index (κ3) is 2.66. The molecule has 88 valence electrons. The third-order valence-electron chi connectivity index (χ3n) is 2.41. The van der Waals surface area contributed by atoms with E-state index in [4.69, 9.17) is 0 Å². The Labute approximate surface area is 98.5 Å². The van der Waals surface area contributed by atoms with Crippen molar-refractivity contribution in [3.8, 4) is 0 Å². The summed E-state index contributed by atoms with van der Waals surface area (Å²) in [6.45, 7) is 1.98. The van der Waals surface area contributed by atoms with Gasteiger partial charge in [-0.1, -0.05) is 6.92 Å². The average Bonchev–Trinajstić information content (AvgIpc) is 2.90. The number of amides is 1. The Kier molecular flexibility index (Phi) is 3.44. The van der Waals surface area contributed by atoms with E-state index in [-0.39, 0.29) is 11.9 Å². The maximum absolute atomic E-state index is 11.9.